The zero-order valence-corrected chi connectivity index (χ0v) is 14.0. The second-order valence-corrected chi connectivity index (χ2v) is 6.87. The minimum absolute atomic E-state index is 0.281. The molecule has 1 aliphatic carbocycles. The average Bonchev–Trinajstić information content (AvgIpc) is 3.22. The molecule has 1 saturated heterocycles. The van der Waals surface area contributed by atoms with Crippen molar-refractivity contribution < 1.29 is 4.42 Å². The summed E-state index contributed by atoms with van der Waals surface area (Å²) < 4.78 is 5.64. The van der Waals surface area contributed by atoms with Crippen molar-refractivity contribution in [2.45, 2.75) is 57.0 Å². The fourth-order valence-electron chi connectivity index (χ4n) is 3.62. The molecule has 0 spiro atoms. The molecule has 22 heavy (non-hydrogen) atoms. The largest absolute Gasteiger partial charge is 0.468 e. The minimum Gasteiger partial charge on any atom is -0.468 e. The highest BCUT2D eigenvalue weighted by molar-refractivity contribution is 7.80. The van der Waals surface area contributed by atoms with Gasteiger partial charge in [-0.15, -0.1) is 0 Å². The van der Waals surface area contributed by atoms with Gasteiger partial charge in [-0.25, -0.2) is 0 Å². The van der Waals surface area contributed by atoms with E-state index < -0.39 is 0 Å². The molecule has 1 aromatic heterocycles. The van der Waals surface area contributed by atoms with Crippen LogP contribution in [0.2, 0.25) is 0 Å². The van der Waals surface area contributed by atoms with E-state index in [0.29, 0.717) is 6.04 Å². The first-order valence-electron chi connectivity index (χ1n) is 8.65. The number of rotatable bonds is 5. The number of thiocarbonyl (C=S) groups is 1. The van der Waals surface area contributed by atoms with Gasteiger partial charge in [0.25, 0.3) is 0 Å². The van der Waals surface area contributed by atoms with Crippen molar-refractivity contribution >= 4 is 17.3 Å². The number of hydrogen-bond donors (Lipinski definition) is 2. The van der Waals surface area contributed by atoms with Crippen LogP contribution in [0.25, 0.3) is 0 Å². The number of likely N-dealkylation sites (tertiary alicyclic amines) is 1. The van der Waals surface area contributed by atoms with Crippen LogP contribution in [0.5, 0.6) is 0 Å². The van der Waals surface area contributed by atoms with Crippen molar-refractivity contribution in [2.75, 3.05) is 19.6 Å². The smallest absolute Gasteiger partial charge is 0.166 e. The summed E-state index contributed by atoms with van der Waals surface area (Å²) in [4.78, 5) is 2.50. The van der Waals surface area contributed by atoms with Gasteiger partial charge in [-0.1, -0.05) is 19.3 Å². The molecule has 2 heterocycles. The number of furan rings is 1. The first-order valence-corrected chi connectivity index (χ1v) is 9.05. The van der Waals surface area contributed by atoms with Gasteiger partial charge in [0.05, 0.1) is 12.3 Å². The maximum absolute atomic E-state index is 5.64. The molecule has 2 aliphatic rings. The molecule has 1 atom stereocenters. The lowest BCUT2D eigenvalue weighted by atomic mass is 9.96. The highest BCUT2D eigenvalue weighted by Crippen LogP contribution is 2.25. The van der Waals surface area contributed by atoms with E-state index in [9.17, 15) is 0 Å². The van der Waals surface area contributed by atoms with Gasteiger partial charge < -0.3 is 15.1 Å². The quantitative estimate of drug-likeness (QED) is 0.815. The molecule has 0 bridgehead atoms. The zero-order valence-electron chi connectivity index (χ0n) is 13.2. The Kier molecular flexibility index (Phi) is 5.73. The third-order valence-electron chi connectivity index (χ3n) is 4.85. The normalized spacial score (nSPS) is 21.6. The van der Waals surface area contributed by atoms with Crippen LogP contribution in [-0.4, -0.2) is 35.7 Å². The van der Waals surface area contributed by atoms with Crippen LogP contribution in [0.4, 0.5) is 0 Å². The highest BCUT2D eigenvalue weighted by Gasteiger charge is 2.25. The third kappa shape index (κ3) is 4.23. The average molecular weight is 321 g/mol. The van der Waals surface area contributed by atoms with E-state index in [1.807, 2.05) is 6.07 Å². The molecule has 0 amide bonds. The van der Waals surface area contributed by atoms with Crippen molar-refractivity contribution in [2.24, 2.45) is 0 Å². The van der Waals surface area contributed by atoms with E-state index in [1.54, 1.807) is 6.26 Å². The van der Waals surface area contributed by atoms with E-state index in [-0.39, 0.29) is 6.04 Å². The Morgan fingerprint density at radius 3 is 2.68 bits per heavy atom. The van der Waals surface area contributed by atoms with Gasteiger partial charge in [0, 0.05) is 12.6 Å². The molecule has 1 aliphatic heterocycles. The maximum atomic E-state index is 5.64. The molecular formula is C17H27N3OS. The molecule has 1 aromatic rings. The van der Waals surface area contributed by atoms with Gasteiger partial charge in [0.15, 0.2) is 5.11 Å². The first kappa shape index (κ1) is 15.8. The third-order valence-corrected chi connectivity index (χ3v) is 5.11. The predicted octanol–water partition coefficient (Wildman–Crippen LogP) is 3.21. The van der Waals surface area contributed by atoms with E-state index in [4.69, 9.17) is 16.6 Å². The predicted molar refractivity (Wildman–Crippen MR) is 92.9 cm³/mol. The van der Waals surface area contributed by atoms with Crippen LogP contribution in [-0.2, 0) is 0 Å². The fourth-order valence-corrected chi connectivity index (χ4v) is 3.87. The summed E-state index contributed by atoms with van der Waals surface area (Å²) in [6.07, 6.45) is 10.8. The van der Waals surface area contributed by atoms with E-state index in [1.165, 1.54) is 44.9 Å². The Morgan fingerprint density at radius 1 is 1.23 bits per heavy atom. The van der Waals surface area contributed by atoms with Crippen LogP contribution in [0, 0.1) is 0 Å². The lowest BCUT2D eigenvalue weighted by molar-refractivity contribution is 0.215. The molecule has 3 rings (SSSR count). The Hall–Kier alpha value is -1.07. The molecule has 4 nitrogen and oxygen atoms in total. The standard InChI is InChI=1S/C17H27N3OS/c22-17(19-14-7-2-1-3-8-14)18-13-15(16-9-6-12-21-16)20-10-4-5-11-20/h6,9,12,14-15H,1-5,7-8,10-11,13H2,(H2,18,19,22)/t15-/m1/s1. The molecular weight excluding hydrogens is 294 g/mol. The molecule has 1 saturated carbocycles. The van der Waals surface area contributed by atoms with Gasteiger partial charge in [-0.05, 0) is 63.1 Å². The summed E-state index contributed by atoms with van der Waals surface area (Å²) in [6, 6.07) is 4.88. The van der Waals surface area contributed by atoms with Crippen molar-refractivity contribution in [1.29, 1.82) is 0 Å². The molecule has 122 valence electrons. The van der Waals surface area contributed by atoms with Crippen molar-refractivity contribution in [3.05, 3.63) is 24.2 Å². The van der Waals surface area contributed by atoms with Crippen LogP contribution in [0.15, 0.2) is 22.8 Å². The number of hydrogen-bond acceptors (Lipinski definition) is 3. The second kappa shape index (κ2) is 7.97. The minimum atomic E-state index is 0.281. The molecule has 2 fully saturated rings. The number of nitrogens with one attached hydrogen (secondary N) is 2. The summed E-state index contributed by atoms with van der Waals surface area (Å²) in [7, 11) is 0. The van der Waals surface area contributed by atoms with E-state index in [0.717, 1.165) is 30.5 Å². The molecule has 0 unspecified atom stereocenters. The van der Waals surface area contributed by atoms with Gasteiger partial charge in [-0.2, -0.15) is 0 Å². The van der Waals surface area contributed by atoms with Gasteiger partial charge >= 0.3 is 0 Å². The maximum Gasteiger partial charge on any atom is 0.166 e. The van der Waals surface area contributed by atoms with E-state index in [2.05, 4.69) is 21.6 Å². The Balaban J connectivity index is 1.51. The van der Waals surface area contributed by atoms with E-state index >= 15 is 0 Å². The van der Waals surface area contributed by atoms with Crippen LogP contribution >= 0.6 is 12.2 Å². The summed E-state index contributed by atoms with van der Waals surface area (Å²) in [5.74, 6) is 1.04. The molecule has 0 radical (unpaired) electrons. The Labute approximate surface area is 138 Å². The molecule has 0 aromatic carbocycles. The first-order chi connectivity index (χ1) is 10.8. The Morgan fingerprint density at radius 2 is 2.00 bits per heavy atom. The SMILES string of the molecule is S=C(NC[C@H](c1ccco1)N1CCCC1)NC1CCCCC1. The summed E-state index contributed by atoms with van der Waals surface area (Å²) >= 11 is 5.49. The van der Waals surface area contributed by atoms with Crippen LogP contribution < -0.4 is 10.6 Å². The molecule has 5 heteroatoms. The zero-order chi connectivity index (χ0) is 15.2. The van der Waals surface area contributed by atoms with Crippen molar-refractivity contribution in [1.82, 2.24) is 15.5 Å². The van der Waals surface area contributed by atoms with Crippen LogP contribution in [0.1, 0.15) is 56.7 Å². The summed E-state index contributed by atoms with van der Waals surface area (Å²) in [5, 5.41) is 7.69. The summed E-state index contributed by atoms with van der Waals surface area (Å²) in [6.45, 7) is 3.11. The fraction of sp³-hybridized carbons (Fsp3) is 0.706. The second-order valence-electron chi connectivity index (χ2n) is 6.46. The lowest BCUT2D eigenvalue weighted by Crippen LogP contribution is -2.45. The summed E-state index contributed by atoms with van der Waals surface area (Å²) in [5.41, 5.74) is 0. The van der Waals surface area contributed by atoms with Gasteiger partial charge in [0.1, 0.15) is 5.76 Å². The van der Waals surface area contributed by atoms with Gasteiger partial charge in [0.2, 0.25) is 0 Å². The lowest BCUT2D eigenvalue weighted by Gasteiger charge is -2.28. The van der Waals surface area contributed by atoms with Crippen molar-refractivity contribution in [3.8, 4) is 0 Å². The van der Waals surface area contributed by atoms with Crippen LogP contribution in [0.3, 0.4) is 0 Å². The van der Waals surface area contributed by atoms with Crippen molar-refractivity contribution in [3.63, 3.8) is 0 Å². The highest BCUT2D eigenvalue weighted by atomic mass is 32.1. The number of nitrogens with zero attached hydrogens (tertiary/aromatic N) is 1. The topological polar surface area (TPSA) is 40.4 Å². The molecule has 2 N–H and O–H groups in total. The van der Waals surface area contributed by atoms with Gasteiger partial charge in [-0.3, -0.25) is 4.90 Å². The monoisotopic (exact) mass is 321 g/mol. The Bertz CT molecular complexity index is 450.